The number of rotatable bonds is 3. The minimum Gasteiger partial charge on any atom is -0.351 e. The lowest BCUT2D eigenvalue weighted by atomic mass is 10.0. The quantitative estimate of drug-likeness (QED) is 0.534. The fraction of sp³-hybridized carbons (Fsp3) is 0.143. The first-order valence-electron chi connectivity index (χ1n) is 9.18. The van der Waals surface area contributed by atoms with Crippen molar-refractivity contribution in [3.63, 3.8) is 0 Å². The zero-order valence-corrected chi connectivity index (χ0v) is 15.3. The van der Waals surface area contributed by atoms with Crippen LogP contribution in [0.2, 0.25) is 0 Å². The number of anilines is 3. The van der Waals surface area contributed by atoms with Crippen molar-refractivity contribution >= 4 is 28.1 Å². The van der Waals surface area contributed by atoms with Gasteiger partial charge in [-0.3, -0.25) is 4.98 Å². The molecule has 0 atom stereocenters. The largest absolute Gasteiger partial charge is 0.351 e. The van der Waals surface area contributed by atoms with Gasteiger partial charge < -0.3 is 10.2 Å². The lowest BCUT2D eigenvalue weighted by Gasteiger charge is -2.30. The molecule has 0 saturated heterocycles. The third-order valence-corrected chi connectivity index (χ3v) is 4.95. The highest BCUT2D eigenvalue weighted by atomic mass is 19.1. The van der Waals surface area contributed by atoms with Crippen molar-refractivity contribution in [3.05, 3.63) is 78.1 Å². The molecular weight excluding hydrogens is 374 g/mol. The van der Waals surface area contributed by atoms with Crippen molar-refractivity contribution in [2.75, 3.05) is 16.8 Å². The molecule has 0 amide bonds. The van der Waals surface area contributed by atoms with Gasteiger partial charge >= 0.3 is 0 Å². The van der Waals surface area contributed by atoms with Crippen LogP contribution in [0.4, 0.5) is 26.0 Å². The van der Waals surface area contributed by atoms with Crippen LogP contribution in [0.1, 0.15) is 11.3 Å². The summed E-state index contributed by atoms with van der Waals surface area (Å²) in [4.78, 5) is 18.9. The lowest BCUT2D eigenvalue weighted by molar-refractivity contribution is 0.588. The molecule has 0 unspecified atom stereocenters. The molecule has 1 aromatic carbocycles. The van der Waals surface area contributed by atoms with Crippen LogP contribution in [-0.2, 0) is 13.0 Å². The van der Waals surface area contributed by atoms with E-state index in [4.69, 9.17) is 0 Å². The van der Waals surface area contributed by atoms with Gasteiger partial charge in [0, 0.05) is 36.8 Å². The number of fused-ring (bicyclic) bond motifs is 2. The van der Waals surface area contributed by atoms with Crippen LogP contribution in [-0.4, -0.2) is 26.5 Å². The van der Waals surface area contributed by atoms with Crippen LogP contribution in [0.3, 0.4) is 0 Å². The number of hydrogen-bond donors (Lipinski definition) is 1. The molecule has 29 heavy (non-hydrogen) atoms. The van der Waals surface area contributed by atoms with E-state index in [1.165, 1.54) is 24.7 Å². The SMILES string of the molecule is Fc1ccc2ncnc(N3CCc4ncc(Nc5cccnc5F)cc4C3)c2c1. The topological polar surface area (TPSA) is 66.8 Å². The highest BCUT2D eigenvalue weighted by Crippen LogP contribution is 2.29. The third kappa shape index (κ3) is 3.33. The van der Waals surface area contributed by atoms with Gasteiger partial charge in [-0.05, 0) is 42.0 Å². The van der Waals surface area contributed by atoms with Crippen molar-refractivity contribution in [3.8, 4) is 0 Å². The maximum absolute atomic E-state index is 13.8. The lowest BCUT2D eigenvalue weighted by Crippen LogP contribution is -2.31. The zero-order chi connectivity index (χ0) is 19.8. The van der Waals surface area contributed by atoms with E-state index in [1.807, 2.05) is 6.07 Å². The molecule has 1 aliphatic heterocycles. The van der Waals surface area contributed by atoms with Crippen LogP contribution in [0.25, 0.3) is 10.9 Å². The number of nitrogens with zero attached hydrogens (tertiary/aromatic N) is 5. The molecule has 0 aliphatic carbocycles. The van der Waals surface area contributed by atoms with Crippen LogP contribution >= 0.6 is 0 Å². The molecular formula is C21H16F2N6. The maximum atomic E-state index is 13.8. The molecule has 0 fully saturated rings. The summed E-state index contributed by atoms with van der Waals surface area (Å²) >= 11 is 0. The average molecular weight is 390 g/mol. The summed E-state index contributed by atoms with van der Waals surface area (Å²) < 4.78 is 27.6. The van der Waals surface area contributed by atoms with E-state index >= 15 is 0 Å². The van der Waals surface area contributed by atoms with Crippen molar-refractivity contribution < 1.29 is 8.78 Å². The minimum atomic E-state index is -0.568. The molecule has 4 aromatic rings. The Bertz CT molecular complexity index is 1210. The first-order valence-corrected chi connectivity index (χ1v) is 9.18. The second kappa shape index (κ2) is 7.05. The van der Waals surface area contributed by atoms with Crippen molar-refractivity contribution in [2.45, 2.75) is 13.0 Å². The van der Waals surface area contributed by atoms with Crippen LogP contribution in [0, 0.1) is 11.8 Å². The van der Waals surface area contributed by atoms with E-state index in [0.29, 0.717) is 41.2 Å². The van der Waals surface area contributed by atoms with E-state index < -0.39 is 5.95 Å². The molecule has 0 radical (unpaired) electrons. The molecule has 0 bridgehead atoms. The molecule has 5 rings (SSSR count). The number of nitrogens with one attached hydrogen (secondary N) is 1. The summed E-state index contributed by atoms with van der Waals surface area (Å²) in [5.41, 5.74) is 3.66. The van der Waals surface area contributed by atoms with E-state index in [9.17, 15) is 8.78 Å². The van der Waals surface area contributed by atoms with E-state index in [1.54, 1.807) is 24.4 Å². The summed E-state index contributed by atoms with van der Waals surface area (Å²) in [5.74, 6) is -0.198. The normalized spacial score (nSPS) is 13.4. The van der Waals surface area contributed by atoms with E-state index in [0.717, 1.165) is 17.7 Å². The van der Waals surface area contributed by atoms with Gasteiger partial charge in [0.2, 0.25) is 5.95 Å². The fourth-order valence-corrected chi connectivity index (χ4v) is 3.58. The number of halogens is 2. The maximum Gasteiger partial charge on any atom is 0.236 e. The third-order valence-electron chi connectivity index (χ3n) is 4.95. The molecule has 0 spiro atoms. The summed E-state index contributed by atoms with van der Waals surface area (Å²) in [5, 5.41) is 3.70. The number of benzene rings is 1. The Morgan fingerprint density at radius 3 is 2.83 bits per heavy atom. The molecule has 4 heterocycles. The Morgan fingerprint density at radius 1 is 1.00 bits per heavy atom. The highest BCUT2D eigenvalue weighted by molar-refractivity contribution is 5.89. The first-order chi connectivity index (χ1) is 14.2. The molecule has 0 saturated carbocycles. The van der Waals surface area contributed by atoms with Crippen molar-refractivity contribution in [2.24, 2.45) is 0 Å². The minimum absolute atomic E-state index is 0.291. The van der Waals surface area contributed by atoms with Gasteiger partial charge in [-0.1, -0.05) is 0 Å². The van der Waals surface area contributed by atoms with Gasteiger partial charge in [-0.25, -0.2) is 19.3 Å². The summed E-state index contributed by atoms with van der Waals surface area (Å²) in [7, 11) is 0. The summed E-state index contributed by atoms with van der Waals surface area (Å²) in [6.07, 6.45) is 5.32. The molecule has 144 valence electrons. The fourth-order valence-electron chi connectivity index (χ4n) is 3.58. The van der Waals surface area contributed by atoms with E-state index in [-0.39, 0.29) is 5.82 Å². The summed E-state index contributed by atoms with van der Waals surface area (Å²) in [6.45, 7) is 1.28. The summed E-state index contributed by atoms with van der Waals surface area (Å²) in [6, 6.07) is 9.74. The molecule has 8 heteroatoms. The van der Waals surface area contributed by atoms with E-state index in [2.05, 4.69) is 30.2 Å². The second-order valence-electron chi connectivity index (χ2n) is 6.83. The van der Waals surface area contributed by atoms with Gasteiger partial charge in [0.1, 0.15) is 18.0 Å². The van der Waals surface area contributed by atoms with Crippen LogP contribution in [0.15, 0.2) is 55.1 Å². The number of hydrogen-bond acceptors (Lipinski definition) is 6. The highest BCUT2D eigenvalue weighted by Gasteiger charge is 2.21. The van der Waals surface area contributed by atoms with Crippen LogP contribution in [0.5, 0.6) is 0 Å². The van der Waals surface area contributed by atoms with Gasteiger partial charge in [-0.15, -0.1) is 0 Å². The van der Waals surface area contributed by atoms with Gasteiger partial charge in [0.25, 0.3) is 0 Å². The second-order valence-corrected chi connectivity index (χ2v) is 6.83. The van der Waals surface area contributed by atoms with Gasteiger partial charge in [0.05, 0.1) is 23.1 Å². The Labute approximate surface area is 165 Å². The number of aromatic nitrogens is 4. The van der Waals surface area contributed by atoms with Crippen molar-refractivity contribution in [1.29, 1.82) is 0 Å². The molecule has 1 N–H and O–H groups in total. The molecule has 1 aliphatic rings. The van der Waals surface area contributed by atoms with Gasteiger partial charge in [0.15, 0.2) is 0 Å². The number of pyridine rings is 2. The Balaban J connectivity index is 1.46. The standard InChI is InChI=1S/C21H16F2N6/c22-14-3-4-18-16(9-14)21(27-12-26-18)29-7-5-17-13(11-29)8-15(10-25-17)28-19-2-1-6-24-20(19)23/h1-4,6,8-10,12,28H,5,7,11H2. The Hall–Kier alpha value is -3.68. The average Bonchev–Trinajstić information content (AvgIpc) is 2.74. The zero-order valence-electron chi connectivity index (χ0n) is 15.3. The van der Waals surface area contributed by atoms with Crippen LogP contribution < -0.4 is 10.2 Å². The monoisotopic (exact) mass is 390 g/mol. The predicted molar refractivity (Wildman–Crippen MR) is 106 cm³/mol. The van der Waals surface area contributed by atoms with Crippen molar-refractivity contribution in [1.82, 2.24) is 19.9 Å². The molecule has 3 aromatic heterocycles. The van der Waals surface area contributed by atoms with Gasteiger partial charge in [-0.2, -0.15) is 4.39 Å². The Kier molecular flexibility index (Phi) is 4.23. The smallest absolute Gasteiger partial charge is 0.236 e. The predicted octanol–water partition coefficient (Wildman–Crippen LogP) is 4.00. The molecule has 6 nitrogen and oxygen atoms in total. The first kappa shape index (κ1) is 17.4. The Morgan fingerprint density at radius 2 is 1.93 bits per heavy atom.